The zero-order valence-corrected chi connectivity index (χ0v) is 10.2. The molecule has 17 heavy (non-hydrogen) atoms. The lowest BCUT2D eigenvalue weighted by Crippen LogP contribution is -2.06. The van der Waals surface area contributed by atoms with Crippen LogP contribution in [-0.4, -0.2) is 15.8 Å². The average Bonchev–Trinajstić information content (AvgIpc) is 2.26. The lowest BCUT2D eigenvalue weighted by Gasteiger charge is -2.04. The zero-order valence-electron chi connectivity index (χ0n) is 10.2. The van der Waals surface area contributed by atoms with Gasteiger partial charge in [-0.2, -0.15) is 0 Å². The molecule has 0 unspecified atom stereocenters. The maximum absolute atomic E-state index is 12.2. The van der Waals surface area contributed by atoms with E-state index < -0.39 is 0 Å². The largest absolute Gasteiger partial charge is 0.287 e. The molecule has 2 aromatic rings. The molecule has 0 aliphatic carbocycles. The molecule has 0 amide bonds. The van der Waals surface area contributed by atoms with Gasteiger partial charge in [-0.15, -0.1) is 0 Å². The Hall–Kier alpha value is -2.03. The van der Waals surface area contributed by atoms with Crippen molar-refractivity contribution in [1.29, 1.82) is 0 Å². The molecule has 1 aromatic heterocycles. The van der Waals surface area contributed by atoms with Crippen LogP contribution in [0.15, 0.2) is 30.5 Å². The molecule has 0 atom stereocenters. The number of hydrogen-bond acceptors (Lipinski definition) is 3. The Morgan fingerprint density at radius 3 is 2.29 bits per heavy atom. The third-order valence-electron chi connectivity index (χ3n) is 2.49. The molecule has 0 saturated heterocycles. The minimum atomic E-state index is -0.0534. The Kier molecular flexibility index (Phi) is 3.00. The Morgan fingerprint density at radius 2 is 1.71 bits per heavy atom. The summed E-state index contributed by atoms with van der Waals surface area (Å²) in [5.74, 6) is 0.558. The Labute approximate surface area is 101 Å². The fourth-order valence-electron chi connectivity index (χ4n) is 1.84. The summed E-state index contributed by atoms with van der Waals surface area (Å²) in [5.41, 5.74) is 3.29. The van der Waals surface area contributed by atoms with Gasteiger partial charge in [0, 0.05) is 11.8 Å². The van der Waals surface area contributed by atoms with Crippen LogP contribution < -0.4 is 0 Å². The van der Waals surface area contributed by atoms with Crippen molar-refractivity contribution < 1.29 is 4.79 Å². The molecular weight excluding hydrogens is 212 g/mol. The van der Waals surface area contributed by atoms with Gasteiger partial charge < -0.3 is 0 Å². The lowest BCUT2D eigenvalue weighted by molar-refractivity contribution is 0.103. The summed E-state index contributed by atoms with van der Waals surface area (Å²) in [5, 5.41) is 0. The van der Waals surface area contributed by atoms with Crippen molar-refractivity contribution in [2.24, 2.45) is 0 Å². The highest BCUT2D eigenvalue weighted by molar-refractivity contribution is 6.07. The molecule has 0 aliphatic rings. The highest BCUT2D eigenvalue weighted by Gasteiger charge is 2.11. The summed E-state index contributed by atoms with van der Waals surface area (Å²) in [4.78, 5) is 20.3. The number of nitrogens with zero attached hydrogens (tertiary/aromatic N) is 2. The van der Waals surface area contributed by atoms with Crippen LogP contribution >= 0.6 is 0 Å². The molecule has 0 saturated carbocycles. The summed E-state index contributed by atoms with van der Waals surface area (Å²) >= 11 is 0. The summed E-state index contributed by atoms with van der Waals surface area (Å²) in [7, 11) is 0. The predicted molar refractivity (Wildman–Crippen MR) is 66.1 cm³/mol. The van der Waals surface area contributed by atoms with E-state index in [4.69, 9.17) is 0 Å². The van der Waals surface area contributed by atoms with Crippen molar-refractivity contribution in [1.82, 2.24) is 9.97 Å². The van der Waals surface area contributed by atoms with E-state index in [9.17, 15) is 4.79 Å². The van der Waals surface area contributed by atoms with Crippen LogP contribution in [0, 0.1) is 20.8 Å². The van der Waals surface area contributed by atoms with Gasteiger partial charge in [0.05, 0.1) is 0 Å². The van der Waals surface area contributed by atoms with Crippen LogP contribution in [0.4, 0.5) is 0 Å². The molecule has 86 valence electrons. The molecule has 0 spiro atoms. The molecule has 3 nitrogen and oxygen atoms in total. The first-order valence-corrected chi connectivity index (χ1v) is 5.49. The van der Waals surface area contributed by atoms with Crippen LogP contribution in [0.1, 0.15) is 33.0 Å². The monoisotopic (exact) mass is 226 g/mol. The SMILES string of the molecule is Cc1cc(C)cc(C(=O)c2ccnc(C)n2)c1. The number of carbonyl (C=O) groups is 1. The second-order valence-corrected chi connectivity index (χ2v) is 4.19. The fraction of sp³-hybridized carbons (Fsp3) is 0.214. The van der Waals surface area contributed by atoms with Crippen molar-refractivity contribution in [2.45, 2.75) is 20.8 Å². The first kappa shape index (κ1) is 11.5. The van der Waals surface area contributed by atoms with E-state index in [-0.39, 0.29) is 5.78 Å². The minimum Gasteiger partial charge on any atom is -0.287 e. The third-order valence-corrected chi connectivity index (χ3v) is 2.49. The maximum atomic E-state index is 12.2. The Bertz CT molecular complexity index is 556. The number of hydrogen-bond donors (Lipinski definition) is 0. The second-order valence-electron chi connectivity index (χ2n) is 4.19. The van der Waals surface area contributed by atoms with E-state index in [1.54, 1.807) is 19.2 Å². The Morgan fingerprint density at radius 1 is 1.06 bits per heavy atom. The number of rotatable bonds is 2. The summed E-state index contributed by atoms with van der Waals surface area (Å²) < 4.78 is 0. The van der Waals surface area contributed by atoms with Crippen LogP contribution in [-0.2, 0) is 0 Å². The van der Waals surface area contributed by atoms with Gasteiger partial charge in [0.1, 0.15) is 11.5 Å². The molecule has 0 aliphatic heterocycles. The van der Waals surface area contributed by atoms with E-state index >= 15 is 0 Å². The first-order valence-electron chi connectivity index (χ1n) is 5.49. The van der Waals surface area contributed by atoms with Gasteiger partial charge in [-0.05, 0) is 39.0 Å². The molecule has 1 aromatic carbocycles. The minimum absolute atomic E-state index is 0.0534. The van der Waals surface area contributed by atoms with Crippen molar-refractivity contribution in [2.75, 3.05) is 0 Å². The molecule has 0 fully saturated rings. The Balaban J connectivity index is 2.43. The van der Waals surface area contributed by atoms with Crippen molar-refractivity contribution in [3.8, 4) is 0 Å². The van der Waals surface area contributed by atoms with Gasteiger partial charge in [0.15, 0.2) is 0 Å². The van der Waals surface area contributed by atoms with E-state index in [0.717, 1.165) is 11.1 Å². The van der Waals surface area contributed by atoms with Crippen LogP contribution in [0.2, 0.25) is 0 Å². The lowest BCUT2D eigenvalue weighted by atomic mass is 10.0. The molecular formula is C14H14N2O. The van der Waals surface area contributed by atoms with Crippen molar-refractivity contribution in [3.05, 3.63) is 58.7 Å². The molecule has 1 heterocycles. The second kappa shape index (κ2) is 4.45. The average molecular weight is 226 g/mol. The third kappa shape index (κ3) is 2.56. The summed E-state index contributed by atoms with van der Waals surface area (Å²) in [6.45, 7) is 5.74. The zero-order chi connectivity index (χ0) is 12.4. The van der Waals surface area contributed by atoms with Crippen LogP contribution in [0.5, 0.6) is 0 Å². The van der Waals surface area contributed by atoms with Crippen molar-refractivity contribution in [3.63, 3.8) is 0 Å². The number of aromatic nitrogens is 2. The quantitative estimate of drug-likeness (QED) is 0.739. The fourth-order valence-corrected chi connectivity index (χ4v) is 1.84. The van der Waals surface area contributed by atoms with E-state index in [1.165, 1.54) is 0 Å². The highest BCUT2D eigenvalue weighted by Crippen LogP contribution is 2.12. The standard InChI is InChI=1S/C14H14N2O/c1-9-6-10(2)8-12(7-9)14(17)13-4-5-15-11(3)16-13/h4-8H,1-3H3. The van der Waals surface area contributed by atoms with E-state index in [1.807, 2.05) is 32.0 Å². The van der Waals surface area contributed by atoms with Crippen LogP contribution in [0.25, 0.3) is 0 Å². The number of ketones is 1. The number of benzene rings is 1. The van der Waals surface area contributed by atoms with Gasteiger partial charge in [-0.3, -0.25) is 4.79 Å². The van der Waals surface area contributed by atoms with Crippen LogP contribution in [0.3, 0.4) is 0 Å². The topological polar surface area (TPSA) is 42.9 Å². The molecule has 0 N–H and O–H groups in total. The molecule has 2 rings (SSSR count). The van der Waals surface area contributed by atoms with E-state index in [2.05, 4.69) is 9.97 Å². The van der Waals surface area contributed by atoms with Crippen molar-refractivity contribution >= 4 is 5.78 Å². The maximum Gasteiger partial charge on any atom is 0.211 e. The molecule has 0 bridgehead atoms. The molecule has 3 heteroatoms. The van der Waals surface area contributed by atoms with Gasteiger partial charge in [-0.1, -0.05) is 17.2 Å². The molecule has 0 radical (unpaired) electrons. The normalized spacial score (nSPS) is 10.3. The van der Waals surface area contributed by atoms with Gasteiger partial charge in [0.25, 0.3) is 0 Å². The highest BCUT2D eigenvalue weighted by atomic mass is 16.1. The van der Waals surface area contributed by atoms with Gasteiger partial charge in [0.2, 0.25) is 5.78 Å². The van der Waals surface area contributed by atoms with Gasteiger partial charge in [-0.25, -0.2) is 9.97 Å². The van der Waals surface area contributed by atoms with Gasteiger partial charge >= 0.3 is 0 Å². The summed E-state index contributed by atoms with van der Waals surface area (Å²) in [6, 6.07) is 7.45. The predicted octanol–water partition coefficient (Wildman–Crippen LogP) is 2.63. The summed E-state index contributed by atoms with van der Waals surface area (Å²) in [6.07, 6.45) is 1.61. The van der Waals surface area contributed by atoms with E-state index in [0.29, 0.717) is 17.1 Å². The number of carbonyl (C=O) groups excluding carboxylic acids is 1. The number of aryl methyl sites for hydroxylation is 3. The first-order chi connectivity index (χ1) is 8.06. The smallest absolute Gasteiger partial charge is 0.211 e.